The molecule has 0 saturated carbocycles. The van der Waals surface area contributed by atoms with Crippen LogP contribution in [0.4, 0.5) is 4.39 Å². The molecule has 0 aliphatic carbocycles. The number of hydrogen-bond acceptors (Lipinski definition) is 2. The first-order valence-corrected chi connectivity index (χ1v) is 6.68. The Kier molecular flexibility index (Phi) is 4.85. The summed E-state index contributed by atoms with van der Waals surface area (Å²) in [6, 6.07) is 12.4. The predicted octanol–water partition coefficient (Wildman–Crippen LogP) is 4.37. The molecule has 0 amide bonds. The number of rotatable bonds is 5. The van der Waals surface area contributed by atoms with Gasteiger partial charge in [0.1, 0.15) is 5.75 Å². The summed E-state index contributed by atoms with van der Waals surface area (Å²) in [5, 5.41) is -0.277. The summed E-state index contributed by atoms with van der Waals surface area (Å²) < 4.78 is 23.7. The van der Waals surface area contributed by atoms with Gasteiger partial charge in [-0.25, -0.2) is 4.39 Å². The first-order valence-electron chi connectivity index (χ1n) is 6.25. The molecule has 0 saturated heterocycles. The zero-order valence-electron chi connectivity index (χ0n) is 11.4. The summed E-state index contributed by atoms with van der Waals surface area (Å²) >= 11 is 6.42. The number of benzene rings is 2. The van der Waals surface area contributed by atoms with Crippen molar-refractivity contribution < 1.29 is 13.9 Å². The minimum absolute atomic E-state index is 0.202. The quantitative estimate of drug-likeness (QED) is 0.763. The maximum atomic E-state index is 13.4. The van der Waals surface area contributed by atoms with Gasteiger partial charge in [0.15, 0.2) is 11.6 Å². The Bertz CT molecular complexity index is 586. The molecule has 0 heterocycles. The molecule has 0 N–H and O–H groups in total. The highest BCUT2D eigenvalue weighted by Gasteiger charge is 2.14. The Hall–Kier alpha value is -1.74. The van der Waals surface area contributed by atoms with E-state index in [4.69, 9.17) is 21.1 Å². The highest BCUT2D eigenvalue weighted by atomic mass is 35.5. The van der Waals surface area contributed by atoms with Crippen molar-refractivity contribution in [3.63, 3.8) is 0 Å². The zero-order valence-corrected chi connectivity index (χ0v) is 12.2. The Balaban J connectivity index is 2.21. The molecule has 1 unspecified atom stereocenters. The molecule has 0 spiro atoms. The molecule has 0 radical (unpaired) electrons. The van der Waals surface area contributed by atoms with Gasteiger partial charge in [-0.15, -0.1) is 11.6 Å². The van der Waals surface area contributed by atoms with E-state index >= 15 is 0 Å². The molecule has 0 aromatic heterocycles. The molecule has 2 nitrogen and oxygen atoms in total. The molecule has 0 aliphatic rings. The molecule has 2 aromatic carbocycles. The van der Waals surface area contributed by atoms with E-state index < -0.39 is 5.82 Å². The summed E-state index contributed by atoms with van der Waals surface area (Å²) in [6.07, 6.45) is 0.598. The van der Waals surface area contributed by atoms with Gasteiger partial charge in [-0.05, 0) is 35.7 Å². The highest BCUT2D eigenvalue weighted by molar-refractivity contribution is 6.21. The van der Waals surface area contributed by atoms with Crippen molar-refractivity contribution in [3.05, 3.63) is 59.4 Å². The fourth-order valence-electron chi connectivity index (χ4n) is 2.05. The third kappa shape index (κ3) is 3.23. The molecule has 2 rings (SSSR count). The lowest BCUT2D eigenvalue weighted by atomic mass is 10.0. The number of alkyl halides is 1. The monoisotopic (exact) mass is 294 g/mol. The van der Waals surface area contributed by atoms with E-state index in [1.807, 2.05) is 24.3 Å². The molecule has 20 heavy (non-hydrogen) atoms. The second kappa shape index (κ2) is 6.62. The largest absolute Gasteiger partial charge is 0.496 e. The van der Waals surface area contributed by atoms with Crippen LogP contribution in [-0.2, 0) is 6.42 Å². The van der Waals surface area contributed by atoms with Crippen molar-refractivity contribution in [2.45, 2.75) is 11.8 Å². The van der Waals surface area contributed by atoms with Gasteiger partial charge in [-0.2, -0.15) is 0 Å². The van der Waals surface area contributed by atoms with Gasteiger partial charge in [0.05, 0.1) is 19.6 Å². The maximum absolute atomic E-state index is 13.4. The van der Waals surface area contributed by atoms with Crippen LogP contribution < -0.4 is 9.47 Å². The smallest absolute Gasteiger partial charge is 0.165 e. The van der Waals surface area contributed by atoms with Crippen molar-refractivity contribution in [2.24, 2.45) is 0 Å². The van der Waals surface area contributed by atoms with Crippen LogP contribution in [0.1, 0.15) is 16.5 Å². The van der Waals surface area contributed by atoms with E-state index in [2.05, 4.69) is 0 Å². The van der Waals surface area contributed by atoms with Crippen LogP contribution in [0.2, 0.25) is 0 Å². The fraction of sp³-hybridized carbons (Fsp3) is 0.250. The average Bonchev–Trinajstić information content (AvgIpc) is 2.48. The van der Waals surface area contributed by atoms with Crippen LogP contribution in [0.15, 0.2) is 42.5 Å². The van der Waals surface area contributed by atoms with Crippen LogP contribution in [0.3, 0.4) is 0 Å². The van der Waals surface area contributed by atoms with Crippen molar-refractivity contribution in [3.8, 4) is 11.5 Å². The molecule has 0 bridgehead atoms. The minimum atomic E-state index is -0.391. The Morgan fingerprint density at radius 3 is 2.45 bits per heavy atom. The van der Waals surface area contributed by atoms with Gasteiger partial charge in [0, 0.05) is 0 Å². The van der Waals surface area contributed by atoms with Gasteiger partial charge in [-0.1, -0.05) is 24.3 Å². The summed E-state index contributed by atoms with van der Waals surface area (Å²) in [4.78, 5) is 0. The van der Waals surface area contributed by atoms with Crippen molar-refractivity contribution in [2.75, 3.05) is 14.2 Å². The molecule has 2 aromatic rings. The maximum Gasteiger partial charge on any atom is 0.165 e. The van der Waals surface area contributed by atoms with E-state index in [-0.39, 0.29) is 11.1 Å². The van der Waals surface area contributed by atoms with Crippen molar-refractivity contribution in [1.29, 1.82) is 0 Å². The van der Waals surface area contributed by atoms with Crippen molar-refractivity contribution in [1.82, 2.24) is 0 Å². The van der Waals surface area contributed by atoms with Gasteiger partial charge in [0.25, 0.3) is 0 Å². The molecular weight excluding hydrogens is 279 g/mol. The number of hydrogen-bond donors (Lipinski definition) is 0. The zero-order chi connectivity index (χ0) is 14.5. The SMILES string of the molecule is COc1cc(C(Cl)Cc2ccccc2OC)ccc1F. The summed E-state index contributed by atoms with van der Waals surface area (Å²) in [7, 11) is 3.06. The van der Waals surface area contributed by atoms with E-state index in [0.717, 1.165) is 16.9 Å². The summed E-state index contributed by atoms with van der Waals surface area (Å²) in [6.45, 7) is 0. The Morgan fingerprint density at radius 2 is 1.75 bits per heavy atom. The van der Waals surface area contributed by atoms with Crippen LogP contribution in [-0.4, -0.2) is 14.2 Å². The summed E-state index contributed by atoms with van der Waals surface area (Å²) in [5.74, 6) is 0.609. The predicted molar refractivity (Wildman–Crippen MR) is 78.2 cm³/mol. The van der Waals surface area contributed by atoms with Gasteiger partial charge < -0.3 is 9.47 Å². The second-order valence-electron chi connectivity index (χ2n) is 4.38. The average molecular weight is 295 g/mol. The second-order valence-corrected chi connectivity index (χ2v) is 4.90. The Morgan fingerprint density at radius 1 is 1.05 bits per heavy atom. The van der Waals surface area contributed by atoms with Crippen LogP contribution in [0.5, 0.6) is 11.5 Å². The van der Waals surface area contributed by atoms with E-state index in [1.54, 1.807) is 19.2 Å². The highest BCUT2D eigenvalue weighted by Crippen LogP contribution is 2.31. The molecule has 1 atom stereocenters. The van der Waals surface area contributed by atoms with E-state index in [9.17, 15) is 4.39 Å². The number of halogens is 2. The lowest BCUT2D eigenvalue weighted by Crippen LogP contribution is -2.00. The molecule has 0 fully saturated rings. The normalized spacial score (nSPS) is 12.0. The lowest BCUT2D eigenvalue weighted by molar-refractivity contribution is 0.386. The lowest BCUT2D eigenvalue weighted by Gasteiger charge is -2.14. The van der Waals surface area contributed by atoms with E-state index in [1.165, 1.54) is 13.2 Å². The molecule has 0 aliphatic heterocycles. The van der Waals surface area contributed by atoms with Gasteiger partial charge >= 0.3 is 0 Å². The number of para-hydroxylation sites is 1. The first kappa shape index (κ1) is 14.7. The summed E-state index contributed by atoms with van der Waals surface area (Å²) in [5.41, 5.74) is 1.83. The van der Waals surface area contributed by atoms with Gasteiger partial charge in [0.2, 0.25) is 0 Å². The van der Waals surface area contributed by atoms with E-state index in [0.29, 0.717) is 6.42 Å². The Labute approximate surface area is 123 Å². The van der Waals surface area contributed by atoms with Crippen LogP contribution in [0.25, 0.3) is 0 Å². The standard InChI is InChI=1S/C16H16ClFO2/c1-19-15-6-4-3-5-12(15)9-13(17)11-7-8-14(18)16(10-11)20-2/h3-8,10,13H,9H2,1-2H3. The molecular formula is C16H16ClFO2. The third-order valence-corrected chi connectivity index (χ3v) is 3.53. The molecule has 4 heteroatoms. The third-order valence-electron chi connectivity index (χ3n) is 3.13. The first-order chi connectivity index (χ1) is 9.65. The van der Waals surface area contributed by atoms with Crippen LogP contribution in [0, 0.1) is 5.82 Å². The molecule has 106 valence electrons. The number of ether oxygens (including phenoxy) is 2. The van der Waals surface area contributed by atoms with Crippen LogP contribution >= 0.6 is 11.6 Å². The number of methoxy groups -OCH3 is 2. The fourth-order valence-corrected chi connectivity index (χ4v) is 2.36. The van der Waals surface area contributed by atoms with Gasteiger partial charge in [-0.3, -0.25) is 0 Å². The topological polar surface area (TPSA) is 18.5 Å². The minimum Gasteiger partial charge on any atom is -0.496 e. The van der Waals surface area contributed by atoms with Crippen molar-refractivity contribution >= 4 is 11.6 Å².